The van der Waals surface area contributed by atoms with Crippen molar-refractivity contribution in [2.75, 3.05) is 7.11 Å². The third-order valence-corrected chi connectivity index (χ3v) is 3.78. The van der Waals surface area contributed by atoms with Crippen molar-refractivity contribution in [2.45, 2.75) is 29.9 Å². The summed E-state index contributed by atoms with van der Waals surface area (Å²) in [6.45, 7) is 1.57. The third-order valence-electron chi connectivity index (χ3n) is 2.39. The number of Topliss-reactive ketones (excluding diaryl/α,β-unsaturated/α-hetero) is 1. The molecule has 0 spiro atoms. The number of carbonyl (C=O) groups is 1. The maximum atomic E-state index is 11.2. The average molecular weight is 222 g/mol. The molecule has 1 fully saturated rings. The largest absolute Gasteiger partial charge is 0.496 e. The van der Waals surface area contributed by atoms with Gasteiger partial charge in [0.1, 0.15) is 5.75 Å². The van der Waals surface area contributed by atoms with Crippen LogP contribution in [-0.2, 0) is 0 Å². The summed E-state index contributed by atoms with van der Waals surface area (Å²) in [7, 11) is 1.65. The van der Waals surface area contributed by atoms with Crippen molar-refractivity contribution in [3.8, 4) is 5.75 Å². The summed E-state index contributed by atoms with van der Waals surface area (Å²) in [6.07, 6.45) is 2.59. The quantitative estimate of drug-likeness (QED) is 0.732. The van der Waals surface area contributed by atoms with E-state index in [2.05, 4.69) is 0 Å². The molecule has 0 N–H and O–H groups in total. The van der Waals surface area contributed by atoms with Crippen LogP contribution in [0.25, 0.3) is 0 Å². The number of hydrogen-bond acceptors (Lipinski definition) is 3. The SMILES string of the molecule is COc1cc(C(C)=O)ccc1SC1CC1. The Kier molecular flexibility index (Phi) is 3.00. The Morgan fingerprint density at radius 3 is 2.73 bits per heavy atom. The van der Waals surface area contributed by atoms with Gasteiger partial charge >= 0.3 is 0 Å². The lowest BCUT2D eigenvalue weighted by molar-refractivity contribution is 0.101. The molecule has 0 amide bonds. The molecule has 2 rings (SSSR count). The molecule has 1 saturated carbocycles. The van der Waals surface area contributed by atoms with E-state index in [0.29, 0.717) is 5.56 Å². The summed E-state index contributed by atoms with van der Waals surface area (Å²) < 4.78 is 5.29. The van der Waals surface area contributed by atoms with E-state index in [-0.39, 0.29) is 5.78 Å². The number of hydrogen-bond donors (Lipinski definition) is 0. The van der Waals surface area contributed by atoms with Gasteiger partial charge in [-0.3, -0.25) is 4.79 Å². The van der Waals surface area contributed by atoms with E-state index in [1.807, 2.05) is 30.0 Å². The first-order chi connectivity index (χ1) is 7.20. The molecule has 3 heteroatoms. The number of benzene rings is 1. The van der Waals surface area contributed by atoms with Crippen LogP contribution in [0.5, 0.6) is 5.75 Å². The van der Waals surface area contributed by atoms with Crippen LogP contribution in [-0.4, -0.2) is 18.1 Å². The Labute approximate surface area is 94.0 Å². The van der Waals surface area contributed by atoms with Crippen LogP contribution in [0, 0.1) is 0 Å². The van der Waals surface area contributed by atoms with Gasteiger partial charge in [-0.05, 0) is 31.9 Å². The first kappa shape index (κ1) is 10.6. The van der Waals surface area contributed by atoms with E-state index in [1.165, 1.54) is 12.8 Å². The monoisotopic (exact) mass is 222 g/mol. The lowest BCUT2D eigenvalue weighted by Crippen LogP contribution is -1.94. The van der Waals surface area contributed by atoms with Crippen molar-refractivity contribution in [1.82, 2.24) is 0 Å². The predicted octanol–water partition coefficient (Wildman–Crippen LogP) is 3.15. The molecule has 2 nitrogen and oxygen atoms in total. The summed E-state index contributed by atoms with van der Waals surface area (Å²) in [6, 6.07) is 5.68. The Hall–Kier alpha value is -0.960. The highest BCUT2D eigenvalue weighted by Gasteiger charge is 2.24. The van der Waals surface area contributed by atoms with Crippen molar-refractivity contribution >= 4 is 17.5 Å². The minimum atomic E-state index is 0.0799. The highest BCUT2D eigenvalue weighted by Crippen LogP contribution is 2.42. The maximum absolute atomic E-state index is 11.2. The third kappa shape index (κ3) is 2.53. The highest BCUT2D eigenvalue weighted by atomic mass is 32.2. The lowest BCUT2D eigenvalue weighted by Gasteiger charge is -2.08. The zero-order valence-electron chi connectivity index (χ0n) is 8.95. The van der Waals surface area contributed by atoms with Crippen LogP contribution in [0.15, 0.2) is 23.1 Å². The number of ether oxygens (including phenoxy) is 1. The molecular weight excluding hydrogens is 208 g/mol. The molecule has 1 aliphatic carbocycles. The van der Waals surface area contributed by atoms with Crippen LogP contribution >= 0.6 is 11.8 Å². The number of thioether (sulfide) groups is 1. The first-order valence-electron chi connectivity index (χ1n) is 5.06. The van der Waals surface area contributed by atoms with Crippen molar-refractivity contribution < 1.29 is 9.53 Å². The van der Waals surface area contributed by atoms with Crippen LogP contribution in [0.2, 0.25) is 0 Å². The second kappa shape index (κ2) is 4.27. The van der Waals surface area contributed by atoms with E-state index < -0.39 is 0 Å². The molecule has 0 radical (unpaired) electrons. The van der Waals surface area contributed by atoms with E-state index >= 15 is 0 Å². The van der Waals surface area contributed by atoms with Crippen molar-refractivity contribution in [1.29, 1.82) is 0 Å². The highest BCUT2D eigenvalue weighted by molar-refractivity contribution is 8.00. The molecule has 0 aliphatic heterocycles. The van der Waals surface area contributed by atoms with Gasteiger partial charge < -0.3 is 4.74 Å². The maximum Gasteiger partial charge on any atom is 0.159 e. The van der Waals surface area contributed by atoms with Gasteiger partial charge in [-0.2, -0.15) is 0 Å². The van der Waals surface area contributed by atoms with Gasteiger partial charge in [0.2, 0.25) is 0 Å². The number of rotatable bonds is 4. The zero-order chi connectivity index (χ0) is 10.8. The fourth-order valence-corrected chi connectivity index (χ4v) is 2.49. The minimum Gasteiger partial charge on any atom is -0.496 e. The fourth-order valence-electron chi connectivity index (χ4n) is 1.35. The molecule has 0 saturated heterocycles. The molecule has 0 aromatic heterocycles. The molecule has 1 aromatic carbocycles. The average Bonchev–Trinajstić information content (AvgIpc) is 3.02. The predicted molar refractivity (Wildman–Crippen MR) is 61.9 cm³/mol. The topological polar surface area (TPSA) is 26.3 Å². The summed E-state index contributed by atoms with van der Waals surface area (Å²) in [5.41, 5.74) is 0.715. The van der Waals surface area contributed by atoms with Gasteiger partial charge in [-0.1, -0.05) is 6.07 Å². The van der Waals surface area contributed by atoms with Gasteiger partial charge in [-0.25, -0.2) is 0 Å². The molecule has 0 atom stereocenters. The number of carbonyl (C=O) groups excluding carboxylic acids is 1. The van der Waals surface area contributed by atoms with E-state index in [1.54, 1.807) is 14.0 Å². The molecular formula is C12H14O2S. The zero-order valence-corrected chi connectivity index (χ0v) is 9.76. The standard InChI is InChI=1S/C12H14O2S/c1-8(13)9-3-6-12(11(7-9)14-2)15-10-4-5-10/h3,6-7,10H,4-5H2,1-2H3. The summed E-state index contributed by atoms with van der Waals surface area (Å²) >= 11 is 1.84. The van der Waals surface area contributed by atoms with Gasteiger partial charge in [0.25, 0.3) is 0 Å². The molecule has 0 heterocycles. The van der Waals surface area contributed by atoms with Crippen LogP contribution in [0.1, 0.15) is 30.1 Å². The Morgan fingerprint density at radius 1 is 1.47 bits per heavy atom. The first-order valence-corrected chi connectivity index (χ1v) is 5.94. The summed E-state index contributed by atoms with van der Waals surface area (Å²) in [4.78, 5) is 12.3. The molecule has 15 heavy (non-hydrogen) atoms. The molecule has 1 aliphatic rings. The van der Waals surface area contributed by atoms with Crippen LogP contribution in [0.4, 0.5) is 0 Å². The van der Waals surface area contributed by atoms with E-state index in [9.17, 15) is 4.79 Å². The van der Waals surface area contributed by atoms with Crippen LogP contribution < -0.4 is 4.74 Å². The fraction of sp³-hybridized carbons (Fsp3) is 0.417. The molecule has 0 unspecified atom stereocenters. The Balaban J connectivity index is 2.25. The van der Waals surface area contributed by atoms with Gasteiger partial charge in [0.05, 0.1) is 7.11 Å². The lowest BCUT2D eigenvalue weighted by atomic mass is 10.1. The molecule has 80 valence electrons. The molecule has 1 aromatic rings. The minimum absolute atomic E-state index is 0.0799. The summed E-state index contributed by atoms with van der Waals surface area (Å²) in [5, 5.41) is 0.752. The number of ketones is 1. The normalized spacial score (nSPS) is 15.1. The Bertz CT molecular complexity index is 383. The van der Waals surface area contributed by atoms with Crippen LogP contribution in [0.3, 0.4) is 0 Å². The van der Waals surface area contributed by atoms with Crippen molar-refractivity contribution in [3.63, 3.8) is 0 Å². The Morgan fingerprint density at radius 2 is 2.20 bits per heavy atom. The van der Waals surface area contributed by atoms with E-state index in [0.717, 1.165) is 15.9 Å². The smallest absolute Gasteiger partial charge is 0.159 e. The molecule has 0 bridgehead atoms. The summed E-state index contributed by atoms with van der Waals surface area (Å²) in [5.74, 6) is 0.899. The number of methoxy groups -OCH3 is 1. The van der Waals surface area contributed by atoms with E-state index in [4.69, 9.17) is 4.74 Å². The second-order valence-corrected chi connectivity index (χ2v) is 5.08. The second-order valence-electron chi connectivity index (χ2n) is 3.74. The van der Waals surface area contributed by atoms with Crippen molar-refractivity contribution in [3.05, 3.63) is 23.8 Å². The van der Waals surface area contributed by atoms with Gasteiger partial charge in [-0.15, -0.1) is 11.8 Å². The van der Waals surface area contributed by atoms with Crippen molar-refractivity contribution in [2.24, 2.45) is 0 Å². The van der Waals surface area contributed by atoms with Gasteiger partial charge in [0, 0.05) is 15.7 Å². The van der Waals surface area contributed by atoms with Gasteiger partial charge in [0.15, 0.2) is 5.78 Å².